The number of amides is 1. The van der Waals surface area contributed by atoms with Crippen molar-refractivity contribution in [2.45, 2.75) is 19.0 Å². The smallest absolute Gasteiger partial charge is 0.295 e. The quantitative estimate of drug-likeness (QED) is 0.413. The molecule has 0 aliphatic carbocycles. The number of rotatable bonds is 5. The number of anilines is 1. The number of aryl methyl sites for hydroxylation is 2. The molecule has 9 nitrogen and oxygen atoms in total. The summed E-state index contributed by atoms with van der Waals surface area (Å²) >= 11 is 1.07. The molecule has 0 saturated carbocycles. The number of hydrogen-bond acceptors (Lipinski definition) is 7. The number of carbonyl (C=O) groups is 1. The van der Waals surface area contributed by atoms with E-state index in [2.05, 4.69) is 20.4 Å². The Balaban J connectivity index is 1.70. The zero-order chi connectivity index (χ0) is 18.8. The van der Waals surface area contributed by atoms with Gasteiger partial charge in [-0.1, -0.05) is 11.8 Å². The molecule has 0 aliphatic heterocycles. The topological polar surface area (TPSA) is 115 Å². The molecule has 1 aromatic carbocycles. The number of aromatic nitrogens is 4. The fourth-order valence-corrected chi connectivity index (χ4v) is 2.90. The molecule has 0 saturated heterocycles. The lowest BCUT2D eigenvalue weighted by molar-refractivity contribution is -0.384. The maximum Gasteiger partial charge on any atom is 0.295 e. The van der Waals surface area contributed by atoms with Crippen molar-refractivity contribution in [3.63, 3.8) is 0 Å². The van der Waals surface area contributed by atoms with E-state index < -0.39 is 22.3 Å². The minimum absolute atomic E-state index is 0.0660. The first-order chi connectivity index (χ1) is 12.3. The van der Waals surface area contributed by atoms with E-state index in [-0.39, 0.29) is 11.4 Å². The molecule has 0 aliphatic rings. The first-order valence-corrected chi connectivity index (χ1v) is 8.39. The maximum absolute atomic E-state index is 13.1. The highest BCUT2D eigenvalue weighted by molar-refractivity contribution is 7.99. The van der Waals surface area contributed by atoms with Crippen LogP contribution in [0.15, 0.2) is 29.4 Å². The first-order valence-electron chi connectivity index (χ1n) is 7.41. The zero-order valence-corrected chi connectivity index (χ0v) is 14.6. The Hall–Kier alpha value is -3.08. The summed E-state index contributed by atoms with van der Waals surface area (Å²) < 4.78 is 14.7. The average Bonchev–Trinajstić information content (AvgIpc) is 2.97. The summed E-state index contributed by atoms with van der Waals surface area (Å²) in [7, 11) is 0. The number of nitro groups is 1. The molecule has 1 N–H and O–H groups in total. The highest BCUT2D eigenvalue weighted by Crippen LogP contribution is 2.25. The molecule has 1 amide bonds. The van der Waals surface area contributed by atoms with Gasteiger partial charge in [-0.05, 0) is 32.0 Å². The standard InChI is InChI=1S/C15H13FN6O3S/c1-8-5-9(2)21-14(17-8)19-15(20-21)26-7-13(23)18-11-4-3-10(16)6-12(11)22(24)25/h3-6H,7H2,1-2H3,(H,18,23). The van der Waals surface area contributed by atoms with Crippen LogP contribution in [0, 0.1) is 29.8 Å². The fourth-order valence-electron chi connectivity index (χ4n) is 2.29. The molecule has 0 unspecified atom stereocenters. The Kier molecular flexibility index (Phi) is 4.80. The van der Waals surface area contributed by atoms with E-state index in [0.29, 0.717) is 10.9 Å². The molecule has 0 radical (unpaired) electrons. The van der Waals surface area contributed by atoms with Crippen LogP contribution in [0.5, 0.6) is 0 Å². The second-order valence-corrected chi connectivity index (χ2v) is 6.34. The van der Waals surface area contributed by atoms with Crippen molar-refractivity contribution >= 4 is 34.8 Å². The van der Waals surface area contributed by atoms with Gasteiger partial charge in [0.2, 0.25) is 11.1 Å². The van der Waals surface area contributed by atoms with Gasteiger partial charge in [0.1, 0.15) is 11.5 Å². The van der Waals surface area contributed by atoms with Crippen molar-refractivity contribution in [3.05, 3.63) is 51.6 Å². The van der Waals surface area contributed by atoms with Gasteiger partial charge in [0.25, 0.3) is 11.5 Å². The second-order valence-electron chi connectivity index (χ2n) is 5.40. The molecule has 134 valence electrons. The monoisotopic (exact) mass is 376 g/mol. The SMILES string of the molecule is Cc1cc(C)n2nc(SCC(=O)Nc3ccc(F)cc3[N+](=O)[O-])nc2n1. The van der Waals surface area contributed by atoms with Crippen molar-refractivity contribution in [1.29, 1.82) is 0 Å². The van der Waals surface area contributed by atoms with Crippen molar-refractivity contribution in [2.24, 2.45) is 0 Å². The third-order valence-corrected chi connectivity index (χ3v) is 4.20. The van der Waals surface area contributed by atoms with Crippen molar-refractivity contribution in [1.82, 2.24) is 19.6 Å². The summed E-state index contributed by atoms with van der Waals surface area (Å²) in [5.74, 6) is -0.885. The molecular weight excluding hydrogens is 363 g/mol. The van der Waals surface area contributed by atoms with Crippen LogP contribution in [0.2, 0.25) is 0 Å². The molecule has 2 aromatic heterocycles. The molecule has 0 fully saturated rings. The Bertz CT molecular complexity index is 1020. The normalized spacial score (nSPS) is 10.9. The van der Waals surface area contributed by atoms with Crippen LogP contribution in [0.4, 0.5) is 15.8 Å². The molecule has 11 heteroatoms. The van der Waals surface area contributed by atoms with Crippen LogP contribution in [0.3, 0.4) is 0 Å². The number of nitro benzene ring substituents is 1. The van der Waals surface area contributed by atoms with Crippen LogP contribution < -0.4 is 5.32 Å². The highest BCUT2D eigenvalue weighted by Gasteiger charge is 2.17. The summed E-state index contributed by atoms with van der Waals surface area (Å²) in [6.07, 6.45) is 0. The van der Waals surface area contributed by atoms with Gasteiger partial charge in [-0.2, -0.15) is 4.98 Å². The number of hydrogen-bond donors (Lipinski definition) is 1. The van der Waals surface area contributed by atoms with Gasteiger partial charge in [-0.25, -0.2) is 13.9 Å². The predicted molar refractivity (Wildman–Crippen MR) is 92.7 cm³/mol. The van der Waals surface area contributed by atoms with Crippen LogP contribution in [0.1, 0.15) is 11.4 Å². The number of fused-ring (bicyclic) bond motifs is 1. The second kappa shape index (κ2) is 7.04. The number of benzene rings is 1. The van der Waals surface area contributed by atoms with E-state index in [1.807, 2.05) is 19.9 Å². The highest BCUT2D eigenvalue weighted by atomic mass is 32.2. The molecule has 2 heterocycles. The van der Waals surface area contributed by atoms with E-state index in [1.165, 1.54) is 0 Å². The Labute approximate surface area is 150 Å². The summed E-state index contributed by atoms with van der Waals surface area (Å²) in [5.41, 5.74) is 1.08. The summed E-state index contributed by atoms with van der Waals surface area (Å²) in [5, 5.41) is 18.0. The zero-order valence-electron chi connectivity index (χ0n) is 13.8. The molecule has 0 bridgehead atoms. The van der Waals surface area contributed by atoms with E-state index >= 15 is 0 Å². The fraction of sp³-hybridized carbons (Fsp3) is 0.200. The third-order valence-electron chi connectivity index (χ3n) is 3.36. The first kappa shape index (κ1) is 17.7. The van der Waals surface area contributed by atoms with E-state index in [4.69, 9.17) is 0 Å². The van der Waals surface area contributed by atoms with E-state index in [0.717, 1.165) is 41.3 Å². The van der Waals surface area contributed by atoms with Gasteiger partial charge in [0, 0.05) is 11.4 Å². The lowest BCUT2D eigenvalue weighted by Gasteiger charge is -2.05. The molecule has 0 atom stereocenters. The largest absolute Gasteiger partial charge is 0.320 e. The number of halogens is 1. The lowest BCUT2D eigenvalue weighted by Crippen LogP contribution is -2.15. The third kappa shape index (κ3) is 3.77. The van der Waals surface area contributed by atoms with Crippen molar-refractivity contribution < 1.29 is 14.1 Å². The van der Waals surface area contributed by atoms with E-state index in [9.17, 15) is 19.3 Å². The van der Waals surface area contributed by atoms with Gasteiger partial charge < -0.3 is 5.32 Å². The van der Waals surface area contributed by atoms with Crippen LogP contribution >= 0.6 is 11.8 Å². The molecule has 3 rings (SSSR count). The minimum atomic E-state index is -0.758. The molecule has 26 heavy (non-hydrogen) atoms. The van der Waals surface area contributed by atoms with Gasteiger partial charge >= 0.3 is 0 Å². The molecule has 3 aromatic rings. The van der Waals surface area contributed by atoms with Crippen molar-refractivity contribution in [2.75, 3.05) is 11.1 Å². The van der Waals surface area contributed by atoms with Crippen LogP contribution in [0.25, 0.3) is 5.78 Å². The molecular formula is C15H13FN6O3S. The number of nitrogens with zero attached hydrogens (tertiary/aromatic N) is 5. The summed E-state index contributed by atoms with van der Waals surface area (Å²) in [6, 6.07) is 4.80. The summed E-state index contributed by atoms with van der Waals surface area (Å²) in [4.78, 5) is 30.7. The lowest BCUT2D eigenvalue weighted by atomic mass is 10.2. The van der Waals surface area contributed by atoms with Crippen molar-refractivity contribution in [3.8, 4) is 0 Å². The summed E-state index contributed by atoms with van der Waals surface area (Å²) in [6.45, 7) is 3.71. The van der Waals surface area contributed by atoms with Crippen LogP contribution in [-0.4, -0.2) is 36.2 Å². The number of carbonyl (C=O) groups excluding carboxylic acids is 1. The van der Waals surface area contributed by atoms with Gasteiger partial charge in [0.05, 0.1) is 16.7 Å². The number of nitrogens with one attached hydrogen (secondary N) is 1. The Morgan fingerprint density at radius 1 is 1.35 bits per heavy atom. The Morgan fingerprint density at radius 2 is 2.12 bits per heavy atom. The maximum atomic E-state index is 13.1. The average molecular weight is 376 g/mol. The minimum Gasteiger partial charge on any atom is -0.320 e. The molecule has 0 spiro atoms. The Morgan fingerprint density at radius 3 is 2.85 bits per heavy atom. The van der Waals surface area contributed by atoms with Gasteiger partial charge in [-0.15, -0.1) is 5.10 Å². The van der Waals surface area contributed by atoms with Gasteiger partial charge in [-0.3, -0.25) is 14.9 Å². The number of thioether (sulfide) groups is 1. The van der Waals surface area contributed by atoms with E-state index in [1.54, 1.807) is 4.52 Å². The predicted octanol–water partition coefficient (Wildman–Crippen LogP) is 2.52. The van der Waals surface area contributed by atoms with Crippen LogP contribution in [-0.2, 0) is 4.79 Å². The van der Waals surface area contributed by atoms with Gasteiger partial charge in [0.15, 0.2) is 0 Å².